The van der Waals surface area contributed by atoms with Gasteiger partial charge < -0.3 is 8.85 Å². The molecule has 0 aliphatic carbocycles. The summed E-state index contributed by atoms with van der Waals surface area (Å²) in [6, 6.07) is 0. The Hall–Kier alpha value is -0.346. The molecule has 25 heavy (non-hydrogen) atoms. The van der Waals surface area contributed by atoms with Crippen molar-refractivity contribution in [2.24, 2.45) is 5.92 Å². The molecular weight excluding hydrogens is 340 g/mol. The molecule has 146 valence electrons. The van der Waals surface area contributed by atoms with Crippen LogP contribution in [0.25, 0.3) is 0 Å². The minimum absolute atomic E-state index is 0.00124. The molecule has 0 amide bonds. The summed E-state index contributed by atoms with van der Waals surface area (Å²) < 4.78 is 13.3. The van der Waals surface area contributed by atoms with E-state index >= 15 is 0 Å². The number of terminal acetylenes is 1. The van der Waals surface area contributed by atoms with E-state index in [2.05, 4.69) is 87.2 Å². The van der Waals surface area contributed by atoms with Crippen molar-refractivity contribution in [1.29, 1.82) is 0 Å². The van der Waals surface area contributed by atoms with E-state index in [4.69, 9.17) is 15.3 Å². The predicted molar refractivity (Wildman–Crippen MR) is 117 cm³/mol. The molecule has 3 atom stereocenters. The molecular formula is C21H42O2Si2. The summed E-state index contributed by atoms with van der Waals surface area (Å²) >= 11 is 0. The minimum Gasteiger partial charge on any atom is -0.413 e. The van der Waals surface area contributed by atoms with Gasteiger partial charge >= 0.3 is 0 Å². The van der Waals surface area contributed by atoms with Gasteiger partial charge in [-0.15, -0.1) is 18.9 Å². The lowest BCUT2D eigenvalue weighted by Gasteiger charge is -2.44. The van der Waals surface area contributed by atoms with Crippen LogP contribution in [0.4, 0.5) is 0 Å². The quantitative estimate of drug-likeness (QED) is 0.267. The van der Waals surface area contributed by atoms with Gasteiger partial charge in [-0.2, -0.15) is 0 Å². The van der Waals surface area contributed by atoms with Gasteiger partial charge in [0.05, 0.1) is 12.2 Å². The fraction of sp³-hybridized carbons (Fsp3) is 0.810. The molecule has 0 saturated carbocycles. The summed E-state index contributed by atoms with van der Waals surface area (Å²) in [6.07, 6.45) is 8.17. The smallest absolute Gasteiger partial charge is 0.192 e. The van der Waals surface area contributed by atoms with Gasteiger partial charge in [-0.05, 0) is 36.3 Å². The second-order valence-corrected chi connectivity index (χ2v) is 19.8. The highest BCUT2D eigenvalue weighted by Gasteiger charge is 2.43. The molecule has 0 aliphatic heterocycles. The summed E-state index contributed by atoms with van der Waals surface area (Å²) in [5.41, 5.74) is 0. The Morgan fingerprint density at radius 3 is 1.68 bits per heavy atom. The summed E-state index contributed by atoms with van der Waals surface area (Å²) in [7, 11) is -3.78. The van der Waals surface area contributed by atoms with Gasteiger partial charge in [0.2, 0.25) is 0 Å². The average Bonchev–Trinajstić information content (AvgIpc) is 2.40. The van der Waals surface area contributed by atoms with Gasteiger partial charge in [0.25, 0.3) is 0 Å². The lowest BCUT2D eigenvalue weighted by molar-refractivity contribution is 0.0604. The molecule has 1 unspecified atom stereocenters. The van der Waals surface area contributed by atoms with E-state index in [1.165, 1.54) is 0 Å². The van der Waals surface area contributed by atoms with Crippen LogP contribution < -0.4 is 0 Å². The number of hydrogen-bond donors (Lipinski definition) is 0. The van der Waals surface area contributed by atoms with Gasteiger partial charge in [-0.25, -0.2) is 0 Å². The van der Waals surface area contributed by atoms with Crippen LogP contribution >= 0.6 is 0 Å². The summed E-state index contributed by atoms with van der Waals surface area (Å²) in [6.45, 7) is 28.9. The first-order valence-corrected chi connectivity index (χ1v) is 15.2. The van der Waals surface area contributed by atoms with Gasteiger partial charge in [0.1, 0.15) is 0 Å². The van der Waals surface area contributed by atoms with Crippen LogP contribution in [0.1, 0.15) is 54.9 Å². The molecule has 0 radical (unpaired) electrons. The molecule has 0 saturated heterocycles. The molecule has 0 rings (SSSR count). The predicted octanol–water partition coefficient (Wildman–Crippen LogP) is 6.61. The van der Waals surface area contributed by atoms with E-state index in [9.17, 15) is 0 Å². The van der Waals surface area contributed by atoms with Crippen LogP contribution in [-0.2, 0) is 8.85 Å². The standard InChI is InChI=1S/C21H42O2Si2/c1-14-16-19(23-25(12,13)21(7,8)9)17(3)18(15-2)22-24(10,11)20(4,5)6/h1,15,17-19H,2,16H2,3-13H3/t17-,18?,19+/m1/s1. The fourth-order valence-corrected chi connectivity index (χ4v) is 4.86. The first-order chi connectivity index (χ1) is 11.0. The summed E-state index contributed by atoms with van der Waals surface area (Å²) in [5.74, 6) is 2.99. The van der Waals surface area contributed by atoms with Crippen LogP contribution in [0.2, 0.25) is 36.3 Å². The van der Waals surface area contributed by atoms with E-state index in [1.54, 1.807) is 0 Å². The zero-order valence-corrected chi connectivity index (χ0v) is 20.6. The Labute approximate surface area is 160 Å². The molecule has 0 spiro atoms. The van der Waals surface area contributed by atoms with Crippen LogP contribution in [0.15, 0.2) is 12.7 Å². The third-order valence-corrected chi connectivity index (χ3v) is 15.1. The largest absolute Gasteiger partial charge is 0.413 e. The van der Waals surface area contributed by atoms with Crippen molar-refractivity contribution in [2.45, 2.75) is 103 Å². The molecule has 0 fully saturated rings. The van der Waals surface area contributed by atoms with Gasteiger partial charge in [0.15, 0.2) is 16.6 Å². The SMILES string of the molecule is C#CC[C@H](O[Si](C)(C)C(C)(C)C)[C@H](C)C(C=C)O[Si](C)(C)C(C)(C)C. The van der Waals surface area contributed by atoms with Crippen molar-refractivity contribution in [3.63, 3.8) is 0 Å². The minimum atomic E-state index is -1.90. The van der Waals surface area contributed by atoms with Gasteiger partial charge in [-0.1, -0.05) is 54.5 Å². The highest BCUT2D eigenvalue weighted by atomic mass is 28.4. The van der Waals surface area contributed by atoms with E-state index in [0.29, 0.717) is 6.42 Å². The zero-order chi connectivity index (χ0) is 20.3. The highest BCUT2D eigenvalue weighted by Crippen LogP contribution is 2.41. The fourth-order valence-electron chi connectivity index (χ4n) is 2.10. The van der Waals surface area contributed by atoms with Crippen LogP contribution in [-0.4, -0.2) is 28.8 Å². The van der Waals surface area contributed by atoms with Crippen molar-refractivity contribution in [3.05, 3.63) is 12.7 Å². The second kappa shape index (κ2) is 8.56. The first-order valence-electron chi connectivity index (χ1n) is 9.42. The Morgan fingerprint density at radius 1 is 0.960 bits per heavy atom. The monoisotopic (exact) mass is 382 g/mol. The van der Waals surface area contributed by atoms with Crippen molar-refractivity contribution >= 4 is 16.6 Å². The third kappa shape index (κ3) is 6.71. The zero-order valence-electron chi connectivity index (χ0n) is 18.6. The number of rotatable bonds is 8. The van der Waals surface area contributed by atoms with Crippen LogP contribution in [0.5, 0.6) is 0 Å². The Bertz CT molecular complexity index is 476. The van der Waals surface area contributed by atoms with Crippen molar-refractivity contribution < 1.29 is 8.85 Å². The van der Waals surface area contributed by atoms with Gasteiger partial charge in [0, 0.05) is 12.3 Å². The Kier molecular flexibility index (Phi) is 8.44. The van der Waals surface area contributed by atoms with E-state index in [-0.39, 0.29) is 28.2 Å². The summed E-state index contributed by atoms with van der Waals surface area (Å²) in [4.78, 5) is 0. The molecule has 0 heterocycles. The van der Waals surface area contributed by atoms with E-state index in [1.807, 2.05) is 6.08 Å². The lowest BCUT2D eigenvalue weighted by Crippen LogP contribution is -2.50. The molecule has 0 aliphatic rings. The number of hydrogen-bond acceptors (Lipinski definition) is 2. The molecule has 0 bridgehead atoms. The normalized spacial score (nSPS) is 17.5. The maximum absolute atomic E-state index is 6.67. The van der Waals surface area contributed by atoms with Crippen LogP contribution in [0.3, 0.4) is 0 Å². The maximum Gasteiger partial charge on any atom is 0.192 e. The third-order valence-electron chi connectivity index (χ3n) is 6.15. The Balaban J connectivity index is 5.47. The van der Waals surface area contributed by atoms with E-state index < -0.39 is 16.6 Å². The first kappa shape index (κ1) is 24.7. The molecule has 2 nitrogen and oxygen atoms in total. The van der Waals surface area contributed by atoms with Crippen LogP contribution in [0, 0.1) is 18.3 Å². The molecule has 0 aromatic heterocycles. The van der Waals surface area contributed by atoms with Crippen molar-refractivity contribution in [1.82, 2.24) is 0 Å². The van der Waals surface area contributed by atoms with Crippen molar-refractivity contribution in [3.8, 4) is 12.3 Å². The van der Waals surface area contributed by atoms with E-state index in [0.717, 1.165) is 0 Å². The average molecular weight is 383 g/mol. The summed E-state index contributed by atoms with van der Waals surface area (Å²) in [5, 5.41) is 0.319. The molecule has 4 heteroatoms. The van der Waals surface area contributed by atoms with Gasteiger partial charge in [-0.3, -0.25) is 0 Å². The molecule has 0 aromatic carbocycles. The second-order valence-electron chi connectivity index (χ2n) is 10.3. The topological polar surface area (TPSA) is 18.5 Å². The maximum atomic E-state index is 6.67. The molecule has 0 N–H and O–H groups in total. The highest BCUT2D eigenvalue weighted by molar-refractivity contribution is 6.74. The molecule has 0 aromatic rings. The Morgan fingerprint density at radius 2 is 1.36 bits per heavy atom. The van der Waals surface area contributed by atoms with Crippen molar-refractivity contribution in [2.75, 3.05) is 0 Å². The lowest BCUT2D eigenvalue weighted by atomic mass is 9.96.